The summed E-state index contributed by atoms with van der Waals surface area (Å²) in [6, 6.07) is 9.35. The molecule has 19 heavy (non-hydrogen) atoms. The van der Waals surface area contributed by atoms with Gasteiger partial charge < -0.3 is 10.8 Å². The molecule has 1 fully saturated rings. The van der Waals surface area contributed by atoms with Crippen LogP contribution in [0.3, 0.4) is 0 Å². The van der Waals surface area contributed by atoms with Crippen LogP contribution in [-0.2, 0) is 0 Å². The lowest BCUT2D eigenvalue weighted by molar-refractivity contribution is 0.0743. The first-order valence-corrected chi connectivity index (χ1v) is 7.87. The monoisotopic (exact) mass is 326 g/mol. The first kappa shape index (κ1) is 15.0. The molecule has 106 valence electrons. The first-order valence-electron chi connectivity index (χ1n) is 7.08. The van der Waals surface area contributed by atoms with Crippen molar-refractivity contribution < 1.29 is 5.11 Å². The number of aliphatic hydroxyl groups is 1. The van der Waals surface area contributed by atoms with Gasteiger partial charge in [0.2, 0.25) is 0 Å². The number of hydrogen-bond donors (Lipinski definition) is 2. The molecule has 0 bridgehead atoms. The van der Waals surface area contributed by atoms with Crippen molar-refractivity contribution >= 4 is 15.9 Å². The fourth-order valence-electron chi connectivity index (χ4n) is 2.71. The molecule has 3 nitrogen and oxygen atoms in total. The van der Waals surface area contributed by atoms with Gasteiger partial charge >= 0.3 is 0 Å². The van der Waals surface area contributed by atoms with Gasteiger partial charge in [0.15, 0.2) is 0 Å². The zero-order chi connectivity index (χ0) is 13.7. The Morgan fingerprint density at radius 3 is 2.47 bits per heavy atom. The largest absolute Gasteiger partial charge is 0.396 e. The van der Waals surface area contributed by atoms with Crippen molar-refractivity contribution in [1.82, 2.24) is 4.90 Å². The Morgan fingerprint density at radius 2 is 2.00 bits per heavy atom. The number of halogens is 1. The van der Waals surface area contributed by atoms with E-state index in [4.69, 9.17) is 10.8 Å². The second kappa shape index (κ2) is 7.39. The Morgan fingerprint density at radius 1 is 1.32 bits per heavy atom. The number of benzene rings is 1. The molecule has 0 radical (unpaired) electrons. The lowest BCUT2D eigenvalue weighted by atomic mass is 9.89. The number of rotatable bonds is 7. The van der Waals surface area contributed by atoms with Crippen LogP contribution in [0.4, 0.5) is 0 Å². The Balaban J connectivity index is 2.12. The van der Waals surface area contributed by atoms with Gasteiger partial charge in [-0.15, -0.1) is 0 Å². The molecule has 0 amide bonds. The zero-order valence-electron chi connectivity index (χ0n) is 11.3. The van der Waals surface area contributed by atoms with Crippen LogP contribution < -0.4 is 5.73 Å². The molecule has 1 aromatic carbocycles. The van der Waals surface area contributed by atoms with Crippen LogP contribution in [0, 0.1) is 0 Å². The normalized spacial score (nSPS) is 17.5. The molecule has 0 saturated heterocycles. The minimum absolute atomic E-state index is 0.251. The minimum Gasteiger partial charge on any atom is -0.396 e. The van der Waals surface area contributed by atoms with Gasteiger partial charge in [-0.25, -0.2) is 0 Å². The average Bonchev–Trinajstić information content (AvgIpc) is 2.36. The minimum atomic E-state index is 0.251. The average molecular weight is 327 g/mol. The summed E-state index contributed by atoms with van der Waals surface area (Å²) < 4.78 is 1.09. The van der Waals surface area contributed by atoms with E-state index in [-0.39, 0.29) is 12.6 Å². The van der Waals surface area contributed by atoms with Gasteiger partial charge in [0.25, 0.3) is 0 Å². The molecule has 1 aliphatic rings. The zero-order valence-corrected chi connectivity index (χ0v) is 12.8. The number of nitrogens with zero attached hydrogens (tertiary/aromatic N) is 1. The second-order valence-electron chi connectivity index (χ2n) is 5.20. The van der Waals surface area contributed by atoms with Gasteiger partial charge in [-0.3, -0.25) is 4.90 Å². The van der Waals surface area contributed by atoms with Crippen molar-refractivity contribution in [2.75, 3.05) is 19.7 Å². The van der Waals surface area contributed by atoms with Crippen molar-refractivity contribution in [3.05, 3.63) is 34.3 Å². The van der Waals surface area contributed by atoms with Gasteiger partial charge in [-0.2, -0.15) is 0 Å². The topological polar surface area (TPSA) is 49.5 Å². The van der Waals surface area contributed by atoms with E-state index < -0.39 is 0 Å². The van der Waals surface area contributed by atoms with E-state index in [1.807, 2.05) is 0 Å². The van der Waals surface area contributed by atoms with Gasteiger partial charge in [-0.1, -0.05) is 34.5 Å². The van der Waals surface area contributed by atoms with Crippen LogP contribution in [0.25, 0.3) is 0 Å². The summed E-state index contributed by atoms with van der Waals surface area (Å²) >= 11 is 3.47. The highest BCUT2D eigenvalue weighted by Crippen LogP contribution is 2.32. The van der Waals surface area contributed by atoms with E-state index in [1.165, 1.54) is 24.8 Å². The summed E-state index contributed by atoms with van der Waals surface area (Å²) in [5.41, 5.74) is 7.29. The molecule has 4 heteroatoms. The van der Waals surface area contributed by atoms with Gasteiger partial charge in [0.1, 0.15) is 0 Å². The molecular formula is C15H23BrN2O. The summed E-state index contributed by atoms with van der Waals surface area (Å²) in [5.74, 6) is 0. The lowest BCUT2D eigenvalue weighted by Gasteiger charge is -2.42. The van der Waals surface area contributed by atoms with Gasteiger partial charge in [0, 0.05) is 36.3 Å². The summed E-state index contributed by atoms with van der Waals surface area (Å²) in [6.07, 6.45) is 4.67. The molecule has 1 aromatic rings. The van der Waals surface area contributed by atoms with Crippen LogP contribution >= 0.6 is 15.9 Å². The molecule has 1 aliphatic carbocycles. The maximum Gasteiger partial charge on any atom is 0.0473 e. The highest BCUT2D eigenvalue weighted by Gasteiger charge is 2.30. The Kier molecular flexibility index (Phi) is 5.82. The number of aliphatic hydroxyl groups excluding tert-OH is 1. The Labute approximate surface area is 123 Å². The SMILES string of the molecule is NCC(c1ccc(Br)cc1)N(CCCO)C1CCC1. The molecule has 3 N–H and O–H groups in total. The number of hydrogen-bond acceptors (Lipinski definition) is 3. The summed E-state index contributed by atoms with van der Waals surface area (Å²) in [6.45, 7) is 1.81. The van der Waals surface area contributed by atoms with Crippen molar-refractivity contribution in [2.24, 2.45) is 5.73 Å². The standard InChI is InChI=1S/C15H23BrN2O/c16-13-7-5-12(6-8-13)15(11-17)18(9-2-10-19)14-3-1-4-14/h5-8,14-15,19H,1-4,9-11,17H2. The van der Waals surface area contributed by atoms with Crippen LogP contribution in [0.1, 0.15) is 37.3 Å². The second-order valence-corrected chi connectivity index (χ2v) is 6.12. The third-order valence-electron chi connectivity index (χ3n) is 4.00. The van der Waals surface area contributed by atoms with E-state index in [1.54, 1.807) is 0 Å². The molecular weight excluding hydrogens is 304 g/mol. The van der Waals surface area contributed by atoms with E-state index in [0.717, 1.165) is 17.4 Å². The fourth-order valence-corrected chi connectivity index (χ4v) is 2.98. The lowest BCUT2D eigenvalue weighted by Crippen LogP contribution is -2.45. The van der Waals surface area contributed by atoms with Gasteiger partial charge in [-0.05, 0) is 37.0 Å². The molecule has 0 aromatic heterocycles. The first-order chi connectivity index (χ1) is 9.26. The molecule has 0 spiro atoms. The van der Waals surface area contributed by atoms with Crippen LogP contribution in [0.2, 0.25) is 0 Å². The highest BCUT2D eigenvalue weighted by atomic mass is 79.9. The Bertz CT molecular complexity index is 378. The predicted molar refractivity (Wildman–Crippen MR) is 82.0 cm³/mol. The smallest absolute Gasteiger partial charge is 0.0473 e. The van der Waals surface area contributed by atoms with Gasteiger partial charge in [0.05, 0.1) is 0 Å². The highest BCUT2D eigenvalue weighted by molar-refractivity contribution is 9.10. The molecule has 1 unspecified atom stereocenters. The van der Waals surface area contributed by atoms with Crippen LogP contribution in [-0.4, -0.2) is 35.7 Å². The van der Waals surface area contributed by atoms with Crippen molar-refractivity contribution in [3.8, 4) is 0 Å². The molecule has 1 saturated carbocycles. The summed E-state index contributed by atoms with van der Waals surface area (Å²) in [7, 11) is 0. The Hall–Kier alpha value is -0.420. The molecule has 1 atom stereocenters. The quantitative estimate of drug-likeness (QED) is 0.809. The predicted octanol–water partition coefficient (Wildman–Crippen LogP) is 2.69. The van der Waals surface area contributed by atoms with Crippen molar-refractivity contribution in [1.29, 1.82) is 0 Å². The summed E-state index contributed by atoms with van der Waals surface area (Å²) in [5, 5.41) is 9.08. The number of nitrogens with two attached hydrogens (primary N) is 1. The third-order valence-corrected chi connectivity index (χ3v) is 4.53. The van der Waals surface area contributed by atoms with E-state index in [9.17, 15) is 0 Å². The van der Waals surface area contributed by atoms with E-state index in [2.05, 4.69) is 45.1 Å². The third kappa shape index (κ3) is 3.78. The van der Waals surface area contributed by atoms with E-state index in [0.29, 0.717) is 12.6 Å². The molecule has 2 rings (SSSR count). The maximum atomic E-state index is 9.08. The molecule has 0 heterocycles. The van der Waals surface area contributed by atoms with Crippen molar-refractivity contribution in [2.45, 2.75) is 37.8 Å². The van der Waals surface area contributed by atoms with Crippen molar-refractivity contribution in [3.63, 3.8) is 0 Å². The fraction of sp³-hybridized carbons (Fsp3) is 0.600. The summed E-state index contributed by atoms with van der Waals surface area (Å²) in [4.78, 5) is 2.49. The van der Waals surface area contributed by atoms with Crippen LogP contribution in [0.5, 0.6) is 0 Å². The van der Waals surface area contributed by atoms with E-state index >= 15 is 0 Å². The van der Waals surface area contributed by atoms with Crippen LogP contribution in [0.15, 0.2) is 28.7 Å². The molecule has 0 aliphatic heterocycles. The maximum absolute atomic E-state index is 9.08.